The smallest absolute Gasteiger partial charge is 0.320 e. The Morgan fingerprint density at radius 2 is 2.14 bits per heavy atom. The number of aryl methyl sites for hydroxylation is 1. The summed E-state index contributed by atoms with van der Waals surface area (Å²) in [6, 6.07) is 4.02. The minimum Gasteiger partial charge on any atom is -0.508 e. The van der Waals surface area contributed by atoms with Gasteiger partial charge in [0.05, 0.1) is 0 Å². The van der Waals surface area contributed by atoms with Gasteiger partial charge in [-0.15, -0.1) is 0 Å². The lowest BCUT2D eigenvalue weighted by molar-refractivity contribution is -0.138. The van der Waals surface area contributed by atoms with Crippen molar-refractivity contribution in [1.82, 2.24) is 0 Å². The van der Waals surface area contributed by atoms with Gasteiger partial charge in [0.1, 0.15) is 11.8 Å². The first-order valence-corrected chi connectivity index (χ1v) is 4.27. The first kappa shape index (κ1) is 10.5. The maximum atomic E-state index is 10.5. The van der Waals surface area contributed by atoms with Crippen LogP contribution in [0.5, 0.6) is 5.75 Å². The van der Waals surface area contributed by atoms with Crippen LogP contribution in [0.4, 0.5) is 0 Å². The third-order valence-corrected chi connectivity index (χ3v) is 1.89. The molecule has 0 heterocycles. The van der Waals surface area contributed by atoms with Gasteiger partial charge < -0.3 is 15.9 Å². The highest BCUT2D eigenvalue weighted by Crippen LogP contribution is 2.15. The fraction of sp³-hybridized carbons (Fsp3) is 0.300. The van der Waals surface area contributed by atoms with Gasteiger partial charge in [-0.2, -0.15) is 0 Å². The van der Waals surface area contributed by atoms with Crippen molar-refractivity contribution in [2.24, 2.45) is 5.73 Å². The molecule has 0 saturated heterocycles. The second kappa shape index (κ2) is 4.11. The molecule has 0 radical (unpaired) electrons. The predicted octanol–water partition coefficient (Wildman–Crippen LogP) is 0.655. The Bertz CT molecular complexity index is 329. The fourth-order valence-electron chi connectivity index (χ4n) is 1.30. The molecule has 0 bridgehead atoms. The van der Waals surface area contributed by atoms with Crippen molar-refractivity contribution in [3.05, 3.63) is 29.3 Å². The molecule has 1 unspecified atom stereocenters. The Balaban J connectivity index is 2.81. The number of aromatic hydroxyl groups is 1. The van der Waals surface area contributed by atoms with E-state index in [0.29, 0.717) is 0 Å². The first-order chi connectivity index (χ1) is 6.49. The maximum absolute atomic E-state index is 10.5. The number of aliphatic carboxylic acids is 1. The van der Waals surface area contributed by atoms with Crippen molar-refractivity contribution in [2.75, 3.05) is 0 Å². The lowest BCUT2D eigenvalue weighted by atomic mass is 10.0. The van der Waals surface area contributed by atoms with Gasteiger partial charge in [0.25, 0.3) is 0 Å². The number of phenols is 1. The summed E-state index contributed by atoms with van der Waals surface area (Å²) in [5.41, 5.74) is 6.99. The zero-order valence-electron chi connectivity index (χ0n) is 7.90. The molecular weight excluding hydrogens is 182 g/mol. The van der Waals surface area contributed by atoms with Gasteiger partial charge in [-0.25, -0.2) is 0 Å². The van der Waals surface area contributed by atoms with E-state index in [0.717, 1.165) is 11.1 Å². The largest absolute Gasteiger partial charge is 0.508 e. The molecule has 0 spiro atoms. The molecule has 0 fully saturated rings. The summed E-state index contributed by atoms with van der Waals surface area (Å²) in [6.07, 6.45) is 0.227. The summed E-state index contributed by atoms with van der Waals surface area (Å²) in [5, 5.41) is 17.9. The highest BCUT2D eigenvalue weighted by molar-refractivity contribution is 5.73. The molecule has 76 valence electrons. The summed E-state index contributed by atoms with van der Waals surface area (Å²) in [7, 11) is 0. The van der Waals surface area contributed by atoms with E-state index in [2.05, 4.69) is 0 Å². The molecule has 1 atom stereocenters. The number of hydrogen-bond acceptors (Lipinski definition) is 3. The third-order valence-electron chi connectivity index (χ3n) is 1.89. The third kappa shape index (κ3) is 2.74. The minimum absolute atomic E-state index is 0.137. The number of benzene rings is 1. The molecule has 0 aliphatic rings. The zero-order chi connectivity index (χ0) is 10.7. The number of carboxylic acids is 1. The second-order valence-electron chi connectivity index (χ2n) is 3.33. The number of hydrogen-bond donors (Lipinski definition) is 3. The summed E-state index contributed by atoms with van der Waals surface area (Å²) >= 11 is 0. The minimum atomic E-state index is -1.04. The molecule has 0 amide bonds. The number of phenolic OH excluding ortho intramolecular Hbond substituents is 1. The molecular formula is C10H13NO3. The number of nitrogens with two attached hydrogens (primary N) is 1. The number of carbonyl (C=O) groups is 1. The molecule has 4 N–H and O–H groups in total. The Morgan fingerprint density at radius 1 is 1.50 bits per heavy atom. The highest BCUT2D eigenvalue weighted by atomic mass is 16.4. The van der Waals surface area contributed by atoms with E-state index in [1.54, 1.807) is 6.07 Å². The molecule has 4 heteroatoms. The fourth-order valence-corrected chi connectivity index (χ4v) is 1.30. The monoisotopic (exact) mass is 195 g/mol. The van der Waals surface area contributed by atoms with E-state index in [4.69, 9.17) is 10.8 Å². The Morgan fingerprint density at radius 3 is 2.64 bits per heavy atom. The zero-order valence-corrected chi connectivity index (χ0v) is 7.90. The molecule has 0 aromatic heterocycles. The van der Waals surface area contributed by atoms with E-state index in [1.807, 2.05) is 13.0 Å². The molecule has 4 nitrogen and oxygen atoms in total. The van der Waals surface area contributed by atoms with Crippen molar-refractivity contribution < 1.29 is 15.0 Å². The van der Waals surface area contributed by atoms with Crippen LogP contribution in [0.1, 0.15) is 11.1 Å². The van der Waals surface area contributed by atoms with E-state index in [9.17, 15) is 9.90 Å². The van der Waals surface area contributed by atoms with Crippen LogP contribution in [0, 0.1) is 6.92 Å². The lowest BCUT2D eigenvalue weighted by Gasteiger charge is -2.07. The van der Waals surface area contributed by atoms with Crippen LogP contribution in [0.25, 0.3) is 0 Å². The molecule has 1 rings (SSSR count). The summed E-state index contributed by atoms with van der Waals surface area (Å²) in [5.74, 6) is -0.899. The summed E-state index contributed by atoms with van der Waals surface area (Å²) in [6.45, 7) is 1.83. The van der Waals surface area contributed by atoms with Crippen LogP contribution in [0.3, 0.4) is 0 Å². The Hall–Kier alpha value is -1.55. The van der Waals surface area contributed by atoms with Gasteiger partial charge in [0.15, 0.2) is 0 Å². The van der Waals surface area contributed by atoms with Gasteiger partial charge >= 0.3 is 5.97 Å². The number of carboxylic acid groups (broad SMARTS) is 1. The normalized spacial score (nSPS) is 12.4. The Kier molecular flexibility index (Phi) is 3.09. The molecule has 1 aromatic carbocycles. The van der Waals surface area contributed by atoms with Crippen LogP contribution < -0.4 is 5.73 Å². The van der Waals surface area contributed by atoms with Gasteiger partial charge in [0, 0.05) is 0 Å². The van der Waals surface area contributed by atoms with Crippen molar-refractivity contribution in [1.29, 1.82) is 0 Å². The van der Waals surface area contributed by atoms with Gasteiger partial charge in [-0.05, 0) is 36.6 Å². The van der Waals surface area contributed by atoms with Gasteiger partial charge in [0.2, 0.25) is 0 Å². The molecule has 1 aromatic rings. The molecule has 0 aliphatic heterocycles. The standard InChI is InChI=1S/C10H13NO3/c1-6-2-7(4-8(12)3-6)5-9(11)10(13)14/h2-4,9,12H,5,11H2,1H3,(H,13,14). The van der Waals surface area contributed by atoms with E-state index < -0.39 is 12.0 Å². The van der Waals surface area contributed by atoms with E-state index in [1.165, 1.54) is 6.07 Å². The average molecular weight is 195 g/mol. The van der Waals surface area contributed by atoms with Gasteiger partial charge in [-0.1, -0.05) is 6.07 Å². The van der Waals surface area contributed by atoms with Crippen LogP contribution >= 0.6 is 0 Å². The van der Waals surface area contributed by atoms with Crippen molar-refractivity contribution in [3.63, 3.8) is 0 Å². The van der Waals surface area contributed by atoms with Crippen molar-refractivity contribution in [3.8, 4) is 5.75 Å². The predicted molar refractivity (Wildman–Crippen MR) is 52.2 cm³/mol. The Labute approximate surface area is 82.0 Å². The first-order valence-electron chi connectivity index (χ1n) is 4.27. The second-order valence-corrected chi connectivity index (χ2v) is 3.33. The van der Waals surface area contributed by atoms with Crippen molar-refractivity contribution in [2.45, 2.75) is 19.4 Å². The summed E-state index contributed by atoms with van der Waals surface area (Å²) < 4.78 is 0. The number of rotatable bonds is 3. The quantitative estimate of drug-likeness (QED) is 0.661. The van der Waals surface area contributed by atoms with Crippen molar-refractivity contribution >= 4 is 5.97 Å². The van der Waals surface area contributed by atoms with E-state index >= 15 is 0 Å². The van der Waals surface area contributed by atoms with Crippen LogP contribution in [0.15, 0.2) is 18.2 Å². The summed E-state index contributed by atoms with van der Waals surface area (Å²) in [4.78, 5) is 10.5. The topological polar surface area (TPSA) is 83.5 Å². The maximum Gasteiger partial charge on any atom is 0.320 e. The lowest BCUT2D eigenvalue weighted by Crippen LogP contribution is -2.32. The average Bonchev–Trinajstić information content (AvgIpc) is 2.01. The van der Waals surface area contributed by atoms with Crippen LogP contribution in [0.2, 0.25) is 0 Å². The molecule has 14 heavy (non-hydrogen) atoms. The molecule has 0 aliphatic carbocycles. The van der Waals surface area contributed by atoms with Crippen LogP contribution in [-0.2, 0) is 11.2 Å². The van der Waals surface area contributed by atoms with Crippen LogP contribution in [-0.4, -0.2) is 22.2 Å². The van der Waals surface area contributed by atoms with Gasteiger partial charge in [-0.3, -0.25) is 4.79 Å². The SMILES string of the molecule is Cc1cc(O)cc(CC(N)C(=O)O)c1. The highest BCUT2D eigenvalue weighted by Gasteiger charge is 2.12. The molecule has 0 saturated carbocycles. The van der Waals surface area contributed by atoms with E-state index in [-0.39, 0.29) is 12.2 Å².